The van der Waals surface area contributed by atoms with Crippen molar-refractivity contribution in [2.45, 2.75) is 6.42 Å². The summed E-state index contributed by atoms with van der Waals surface area (Å²) in [5, 5.41) is 4.77. The Morgan fingerprint density at radius 2 is 1.02 bits per heavy atom. The Morgan fingerprint density at radius 3 is 1.75 bits per heavy atom. The van der Waals surface area contributed by atoms with Crippen LogP contribution in [0.4, 0.5) is 0 Å². The SMILES string of the molecule is c1ccc(-c2nc(Cc3cccc4oc5ccc(-c6ccc7c8c(cccc68)-c6ccccc6-7)cc5c34)nc(-c3ccccc3)n2)cc1. The Hall–Kier alpha value is -6.39. The highest BCUT2D eigenvalue weighted by atomic mass is 16.3. The third-order valence-corrected chi connectivity index (χ3v) is 9.53. The topological polar surface area (TPSA) is 51.8 Å². The molecule has 1 aliphatic carbocycles. The minimum atomic E-state index is 0.539. The largest absolute Gasteiger partial charge is 0.456 e. The molecule has 7 aromatic carbocycles. The van der Waals surface area contributed by atoms with Gasteiger partial charge in [-0.05, 0) is 67.9 Å². The van der Waals surface area contributed by atoms with Gasteiger partial charge in [-0.2, -0.15) is 0 Å². The van der Waals surface area contributed by atoms with Gasteiger partial charge >= 0.3 is 0 Å². The van der Waals surface area contributed by atoms with Gasteiger partial charge in [0, 0.05) is 28.3 Å². The van der Waals surface area contributed by atoms with Crippen molar-refractivity contribution in [2.24, 2.45) is 0 Å². The molecule has 0 N–H and O–H groups in total. The summed E-state index contributed by atoms with van der Waals surface area (Å²) in [6, 6.07) is 53.0. The van der Waals surface area contributed by atoms with Crippen LogP contribution in [0.2, 0.25) is 0 Å². The number of hydrogen-bond acceptors (Lipinski definition) is 4. The Balaban J connectivity index is 1.12. The molecule has 48 heavy (non-hydrogen) atoms. The molecule has 0 saturated heterocycles. The van der Waals surface area contributed by atoms with Crippen LogP contribution in [0.25, 0.3) is 88.9 Å². The average molecular weight is 614 g/mol. The number of rotatable bonds is 5. The predicted molar refractivity (Wildman–Crippen MR) is 195 cm³/mol. The van der Waals surface area contributed by atoms with Crippen molar-refractivity contribution in [2.75, 3.05) is 0 Å². The van der Waals surface area contributed by atoms with Gasteiger partial charge in [-0.25, -0.2) is 15.0 Å². The van der Waals surface area contributed by atoms with Crippen LogP contribution < -0.4 is 0 Å². The molecule has 9 aromatic rings. The van der Waals surface area contributed by atoms with E-state index < -0.39 is 0 Å². The number of hydrogen-bond donors (Lipinski definition) is 0. The van der Waals surface area contributed by atoms with Crippen molar-refractivity contribution in [3.05, 3.63) is 163 Å². The van der Waals surface area contributed by atoms with Gasteiger partial charge in [0.1, 0.15) is 17.0 Å². The standard InChI is InChI=1S/C44H27N3O/c1-3-11-27(12-4-1)43-45-40(46-44(47-43)28-13-5-2-6-14-28)26-30-15-9-20-39-41(30)37-25-29(21-24-38(37)48-39)31-22-23-36-33-17-8-7-16-32(33)35-19-10-18-34(31)42(35)36/h1-25H,26H2. The van der Waals surface area contributed by atoms with Crippen LogP contribution in [0.1, 0.15) is 11.4 Å². The normalized spacial score (nSPS) is 11.8. The number of fused-ring (bicyclic) bond motifs is 6. The smallest absolute Gasteiger partial charge is 0.163 e. The lowest BCUT2D eigenvalue weighted by Gasteiger charge is -2.10. The van der Waals surface area contributed by atoms with E-state index in [4.69, 9.17) is 19.4 Å². The van der Waals surface area contributed by atoms with Gasteiger partial charge in [0.25, 0.3) is 0 Å². The fourth-order valence-corrected chi connectivity index (χ4v) is 7.38. The lowest BCUT2D eigenvalue weighted by molar-refractivity contribution is 0.668. The molecule has 0 bridgehead atoms. The van der Waals surface area contributed by atoms with E-state index in [0.717, 1.165) is 44.2 Å². The van der Waals surface area contributed by atoms with E-state index in [-0.39, 0.29) is 0 Å². The first-order valence-electron chi connectivity index (χ1n) is 16.2. The quantitative estimate of drug-likeness (QED) is 0.194. The molecule has 0 atom stereocenters. The maximum atomic E-state index is 6.43. The average Bonchev–Trinajstić information content (AvgIpc) is 3.69. The Kier molecular flexibility index (Phi) is 5.90. The maximum Gasteiger partial charge on any atom is 0.163 e. The van der Waals surface area contributed by atoms with E-state index in [2.05, 4.69) is 84.9 Å². The van der Waals surface area contributed by atoms with Crippen LogP contribution in [-0.2, 0) is 6.42 Å². The molecule has 0 unspecified atom stereocenters. The number of aromatic nitrogens is 3. The molecular formula is C44H27N3O. The summed E-state index contributed by atoms with van der Waals surface area (Å²) in [5.41, 5.74) is 12.4. The minimum Gasteiger partial charge on any atom is -0.456 e. The van der Waals surface area contributed by atoms with E-state index in [0.29, 0.717) is 23.9 Å². The molecule has 0 fully saturated rings. The van der Waals surface area contributed by atoms with Crippen molar-refractivity contribution < 1.29 is 4.42 Å². The zero-order chi connectivity index (χ0) is 31.6. The van der Waals surface area contributed by atoms with Gasteiger partial charge in [-0.15, -0.1) is 0 Å². The summed E-state index contributed by atoms with van der Waals surface area (Å²) in [6.45, 7) is 0. The molecule has 4 heteroatoms. The number of nitrogens with zero attached hydrogens (tertiary/aromatic N) is 3. The third kappa shape index (κ3) is 4.20. The molecule has 0 radical (unpaired) electrons. The predicted octanol–water partition coefficient (Wildman–Crippen LogP) is 11.2. The summed E-state index contributed by atoms with van der Waals surface area (Å²) >= 11 is 0. The van der Waals surface area contributed by atoms with Gasteiger partial charge < -0.3 is 4.42 Å². The van der Waals surface area contributed by atoms with Crippen molar-refractivity contribution in [3.63, 3.8) is 0 Å². The second-order valence-electron chi connectivity index (χ2n) is 12.3. The van der Waals surface area contributed by atoms with Gasteiger partial charge in [-0.1, -0.05) is 133 Å². The highest BCUT2D eigenvalue weighted by Gasteiger charge is 2.23. The Labute approximate surface area is 277 Å². The van der Waals surface area contributed by atoms with Crippen molar-refractivity contribution in [1.29, 1.82) is 0 Å². The lowest BCUT2D eigenvalue weighted by Crippen LogP contribution is -2.04. The maximum absolute atomic E-state index is 6.43. The van der Waals surface area contributed by atoms with Crippen LogP contribution in [0.3, 0.4) is 0 Å². The van der Waals surface area contributed by atoms with Gasteiger partial charge in [0.05, 0.1) is 0 Å². The van der Waals surface area contributed by atoms with Crippen LogP contribution in [0.15, 0.2) is 156 Å². The first-order valence-corrected chi connectivity index (χ1v) is 16.2. The minimum absolute atomic E-state index is 0.539. The van der Waals surface area contributed by atoms with E-state index in [1.165, 1.54) is 38.6 Å². The van der Waals surface area contributed by atoms with Crippen LogP contribution in [-0.4, -0.2) is 15.0 Å². The fourth-order valence-electron chi connectivity index (χ4n) is 7.38. The summed E-state index contributed by atoms with van der Waals surface area (Å²) < 4.78 is 6.43. The molecule has 1 aliphatic rings. The number of furan rings is 1. The molecule has 0 aliphatic heterocycles. The molecule has 0 amide bonds. The van der Waals surface area contributed by atoms with Gasteiger partial charge in [0.15, 0.2) is 11.6 Å². The van der Waals surface area contributed by atoms with Crippen LogP contribution >= 0.6 is 0 Å². The van der Waals surface area contributed by atoms with E-state index in [1.807, 2.05) is 66.7 Å². The molecule has 224 valence electrons. The second kappa shape index (κ2) is 10.6. The van der Waals surface area contributed by atoms with E-state index in [9.17, 15) is 0 Å². The zero-order valence-corrected chi connectivity index (χ0v) is 25.9. The first-order chi connectivity index (χ1) is 23.8. The first kappa shape index (κ1) is 26.8. The summed E-state index contributed by atoms with van der Waals surface area (Å²) in [7, 11) is 0. The number of benzene rings is 7. The Morgan fingerprint density at radius 1 is 0.396 bits per heavy atom. The highest BCUT2D eigenvalue weighted by molar-refractivity contribution is 6.19. The highest BCUT2D eigenvalue weighted by Crippen LogP contribution is 2.49. The monoisotopic (exact) mass is 613 g/mol. The zero-order valence-electron chi connectivity index (χ0n) is 25.9. The second-order valence-corrected chi connectivity index (χ2v) is 12.3. The summed E-state index contributed by atoms with van der Waals surface area (Å²) in [6.07, 6.45) is 0.539. The van der Waals surface area contributed by atoms with Crippen molar-refractivity contribution >= 4 is 32.7 Å². The molecule has 2 aromatic heterocycles. The lowest BCUT2D eigenvalue weighted by atomic mass is 9.93. The Bertz CT molecular complexity index is 2610. The van der Waals surface area contributed by atoms with E-state index in [1.54, 1.807) is 0 Å². The van der Waals surface area contributed by atoms with E-state index >= 15 is 0 Å². The molecular weight excluding hydrogens is 587 g/mol. The molecule has 0 spiro atoms. The molecule has 2 heterocycles. The van der Waals surface area contributed by atoms with Crippen LogP contribution in [0.5, 0.6) is 0 Å². The fraction of sp³-hybridized carbons (Fsp3) is 0.0227. The van der Waals surface area contributed by atoms with Gasteiger partial charge in [0.2, 0.25) is 0 Å². The van der Waals surface area contributed by atoms with Crippen LogP contribution in [0, 0.1) is 0 Å². The summed E-state index contributed by atoms with van der Waals surface area (Å²) in [5.74, 6) is 2.05. The molecule has 0 saturated carbocycles. The van der Waals surface area contributed by atoms with Gasteiger partial charge in [-0.3, -0.25) is 0 Å². The van der Waals surface area contributed by atoms with Crippen molar-refractivity contribution in [3.8, 4) is 56.2 Å². The molecule has 4 nitrogen and oxygen atoms in total. The summed E-state index contributed by atoms with van der Waals surface area (Å²) in [4.78, 5) is 14.8. The van der Waals surface area contributed by atoms with Crippen molar-refractivity contribution in [1.82, 2.24) is 15.0 Å². The molecule has 10 rings (SSSR count). The third-order valence-electron chi connectivity index (χ3n) is 9.53.